The van der Waals surface area contributed by atoms with E-state index in [0.29, 0.717) is 24.3 Å². The summed E-state index contributed by atoms with van der Waals surface area (Å²) in [6, 6.07) is 4.96. The van der Waals surface area contributed by atoms with Crippen LogP contribution in [0.5, 0.6) is 0 Å². The van der Waals surface area contributed by atoms with Gasteiger partial charge in [-0.3, -0.25) is 10.1 Å². The van der Waals surface area contributed by atoms with Gasteiger partial charge in [-0.1, -0.05) is 6.07 Å². The molecule has 6 heteroatoms. The highest BCUT2D eigenvalue weighted by atomic mass is 16.6. The summed E-state index contributed by atoms with van der Waals surface area (Å²) in [7, 11) is 0. The molecule has 2 aliphatic heterocycles. The van der Waals surface area contributed by atoms with Crippen molar-refractivity contribution in [1.29, 1.82) is 0 Å². The number of aliphatic hydroxyl groups is 1. The molecule has 1 aromatic carbocycles. The lowest BCUT2D eigenvalue weighted by Gasteiger charge is -2.33. The van der Waals surface area contributed by atoms with Crippen LogP contribution in [0.4, 0.5) is 11.4 Å². The van der Waals surface area contributed by atoms with Crippen molar-refractivity contribution in [2.24, 2.45) is 0 Å². The molecule has 2 unspecified atom stereocenters. The average Bonchev–Trinajstić information content (AvgIpc) is 2.76. The molecule has 108 valence electrons. The van der Waals surface area contributed by atoms with Crippen LogP contribution in [-0.2, 0) is 4.74 Å². The molecule has 0 saturated carbocycles. The molecule has 2 fully saturated rings. The van der Waals surface area contributed by atoms with Crippen LogP contribution in [0, 0.1) is 10.1 Å². The zero-order valence-corrected chi connectivity index (χ0v) is 11.4. The van der Waals surface area contributed by atoms with Gasteiger partial charge in [0.1, 0.15) is 5.69 Å². The van der Waals surface area contributed by atoms with Crippen LogP contribution in [0.1, 0.15) is 31.4 Å². The lowest BCUT2D eigenvalue weighted by molar-refractivity contribution is -0.384. The summed E-state index contributed by atoms with van der Waals surface area (Å²) in [5.74, 6) is 0. The second-order valence-corrected chi connectivity index (χ2v) is 5.54. The smallest absolute Gasteiger partial charge is 0.292 e. The lowest BCUT2D eigenvalue weighted by Crippen LogP contribution is -2.42. The Morgan fingerprint density at radius 3 is 2.60 bits per heavy atom. The highest BCUT2D eigenvalue weighted by Gasteiger charge is 2.35. The maximum absolute atomic E-state index is 11.3. The van der Waals surface area contributed by atoms with Crippen LogP contribution in [0.25, 0.3) is 0 Å². The summed E-state index contributed by atoms with van der Waals surface area (Å²) < 4.78 is 5.76. The van der Waals surface area contributed by atoms with E-state index in [0.717, 1.165) is 12.8 Å². The fourth-order valence-corrected chi connectivity index (χ4v) is 3.03. The summed E-state index contributed by atoms with van der Waals surface area (Å²) in [4.78, 5) is 12.9. The van der Waals surface area contributed by atoms with Crippen LogP contribution in [0.2, 0.25) is 0 Å². The predicted octanol–water partition coefficient (Wildman–Crippen LogP) is 2.02. The fourth-order valence-electron chi connectivity index (χ4n) is 3.03. The molecule has 20 heavy (non-hydrogen) atoms. The van der Waals surface area contributed by atoms with Crippen LogP contribution < -0.4 is 4.90 Å². The second-order valence-electron chi connectivity index (χ2n) is 5.54. The fraction of sp³-hybridized carbons (Fsp3) is 0.571. The van der Waals surface area contributed by atoms with Crippen LogP contribution in [0.15, 0.2) is 18.2 Å². The van der Waals surface area contributed by atoms with Gasteiger partial charge in [-0.15, -0.1) is 0 Å². The minimum absolute atomic E-state index is 0.0599. The Morgan fingerprint density at radius 2 is 2.05 bits per heavy atom. The topological polar surface area (TPSA) is 75.8 Å². The van der Waals surface area contributed by atoms with Gasteiger partial charge in [-0.05, 0) is 31.4 Å². The first kappa shape index (κ1) is 13.3. The third-order valence-electron chi connectivity index (χ3n) is 4.06. The van der Waals surface area contributed by atoms with Gasteiger partial charge in [-0.25, -0.2) is 0 Å². The number of aliphatic hydroxyl groups excluding tert-OH is 1. The van der Waals surface area contributed by atoms with Crippen LogP contribution >= 0.6 is 0 Å². The van der Waals surface area contributed by atoms with Gasteiger partial charge in [0, 0.05) is 19.2 Å². The van der Waals surface area contributed by atoms with Crippen molar-refractivity contribution in [1.82, 2.24) is 0 Å². The van der Waals surface area contributed by atoms with E-state index in [1.54, 1.807) is 19.1 Å². The van der Waals surface area contributed by atoms with Crippen molar-refractivity contribution >= 4 is 11.4 Å². The van der Waals surface area contributed by atoms with E-state index in [9.17, 15) is 15.2 Å². The average molecular weight is 278 g/mol. The monoisotopic (exact) mass is 278 g/mol. The van der Waals surface area contributed by atoms with E-state index in [-0.39, 0.29) is 22.8 Å². The van der Waals surface area contributed by atoms with Gasteiger partial charge >= 0.3 is 0 Å². The molecule has 0 aliphatic carbocycles. The third kappa shape index (κ3) is 2.36. The molecule has 3 atom stereocenters. The number of hydrogen-bond donors (Lipinski definition) is 1. The van der Waals surface area contributed by atoms with Crippen molar-refractivity contribution < 1.29 is 14.8 Å². The number of nitro groups is 1. The minimum atomic E-state index is -0.705. The summed E-state index contributed by atoms with van der Waals surface area (Å²) in [5, 5.41) is 20.9. The van der Waals surface area contributed by atoms with Gasteiger partial charge in [0.15, 0.2) is 0 Å². The number of nitrogens with zero attached hydrogens (tertiary/aromatic N) is 2. The maximum Gasteiger partial charge on any atom is 0.292 e. The summed E-state index contributed by atoms with van der Waals surface area (Å²) >= 11 is 0. The zero-order valence-electron chi connectivity index (χ0n) is 11.4. The molecule has 2 aliphatic rings. The molecular formula is C14H18N2O4. The van der Waals surface area contributed by atoms with Crippen molar-refractivity contribution in [2.45, 2.75) is 38.1 Å². The summed E-state index contributed by atoms with van der Waals surface area (Å²) in [6.07, 6.45) is 1.72. The number of anilines is 1. The number of hydrogen-bond acceptors (Lipinski definition) is 5. The van der Waals surface area contributed by atoms with E-state index in [1.165, 1.54) is 6.07 Å². The number of ether oxygens (including phenoxy) is 1. The second kappa shape index (κ2) is 5.03. The number of nitro benzene ring substituents is 1. The van der Waals surface area contributed by atoms with Crippen molar-refractivity contribution in [3.05, 3.63) is 33.9 Å². The Kier molecular flexibility index (Phi) is 3.35. The molecule has 2 saturated heterocycles. The first-order valence-corrected chi connectivity index (χ1v) is 6.91. The Balaban J connectivity index is 1.94. The zero-order chi connectivity index (χ0) is 14.3. The molecule has 0 aromatic heterocycles. The van der Waals surface area contributed by atoms with Crippen molar-refractivity contribution in [3.63, 3.8) is 0 Å². The molecule has 1 aromatic rings. The predicted molar refractivity (Wildman–Crippen MR) is 73.8 cm³/mol. The Bertz CT molecular complexity index is 520. The van der Waals surface area contributed by atoms with E-state index in [4.69, 9.17) is 4.74 Å². The molecule has 6 nitrogen and oxygen atoms in total. The molecule has 0 radical (unpaired) electrons. The first-order valence-electron chi connectivity index (χ1n) is 6.91. The Hall–Kier alpha value is -1.66. The number of morpholine rings is 1. The van der Waals surface area contributed by atoms with E-state index < -0.39 is 6.10 Å². The summed E-state index contributed by atoms with van der Waals surface area (Å²) in [5.41, 5.74) is 1.25. The number of rotatable bonds is 3. The van der Waals surface area contributed by atoms with Gasteiger partial charge in [0.05, 0.1) is 23.2 Å². The van der Waals surface area contributed by atoms with Crippen LogP contribution in [-0.4, -0.2) is 35.3 Å². The highest BCUT2D eigenvalue weighted by Crippen LogP contribution is 2.35. The molecular weight excluding hydrogens is 260 g/mol. The van der Waals surface area contributed by atoms with Gasteiger partial charge in [0.2, 0.25) is 0 Å². The lowest BCUT2D eigenvalue weighted by atomic mass is 10.1. The Morgan fingerprint density at radius 1 is 1.40 bits per heavy atom. The molecule has 1 N–H and O–H groups in total. The molecule has 2 heterocycles. The van der Waals surface area contributed by atoms with E-state index >= 15 is 0 Å². The molecule has 0 spiro atoms. The number of benzene rings is 1. The molecule has 3 rings (SSSR count). The third-order valence-corrected chi connectivity index (χ3v) is 4.06. The van der Waals surface area contributed by atoms with Gasteiger partial charge < -0.3 is 14.7 Å². The van der Waals surface area contributed by atoms with Gasteiger partial charge in [0.25, 0.3) is 5.69 Å². The van der Waals surface area contributed by atoms with Crippen LogP contribution in [0.3, 0.4) is 0 Å². The SMILES string of the molecule is C[C@H](O)c1ccc(N2CC3CCC(C2)O3)c([N+](=O)[O-])c1. The quantitative estimate of drug-likeness (QED) is 0.676. The van der Waals surface area contributed by atoms with E-state index in [1.807, 2.05) is 4.90 Å². The van der Waals surface area contributed by atoms with Gasteiger partial charge in [-0.2, -0.15) is 0 Å². The minimum Gasteiger partial charge on any atom is -0.389 e. The van der Waals surface area contributed by atoms with Crippen molar-refractivity contribution in [2.75, 3.05) is 18.0 Å². The normalized spacial score (nSPS) is 26.6. The molecule has 2 bridgehead atoms. The Labute approximate surface area is 117 Å². The van der Waals surface area contributed by atoms with E-state index in [2.05, 4.69) is 0 Å². The van der Waals surface area contributed by atoms with Crippen molar-refractivity contribution in [3.8, 4) is 0 Å². The highest BCUT2D eigenvalue weighted by molar-refractivity contribution is 5.65. The maximum atomic E-state index is 11.3. The largest absolute Gasteiger partial charge is 0.389 e. The number of fused-ring (bicyclic) bond motifs is 2. The molecule has 0 amide bonds. The first-order chi connectivity index (χ1) is 9.54. The standard InChI is InChI=1S/C14H18N2O4/c1-9(17)10-2-5-13(14(6-10)16(18)19)15-7-11-3-4-12(8-15)20-11/h2,5-6,9,11-12,17H,3-4,7-8H2,1H3/t9-,11?,12?/m0/s1. The summed E-state index contributed by atoms with van der Waals surface area (Å²) in [6.45, 7) is 3.00.